The summed E-state index contributed by atoms with van der Waals surface area (Å²) in [6.07, 6.45) is 2.53. The topological polar surface area (TPSA) is 58.3 Å². The molecule has 0 fully saturated rings. The van der Waals surface area contributed by atoms with Gasteiger partial charge in [0.05, 0.1) is 6.20 Å². The van der Waals surface area contributed by atoms with Crippen molar-refractivity contribution in [1.82, 2.24) is 10.3 Å². The molecule has 1 aromatic carbocycles. The number of aromatic hydroxyl groups is 1. The highest BCUT2D eigenvalue weighted by atomic mass is 16.4. The second kappa shape index (κ2) is 4.81. The van der Waals surface area contributed by atoms with Gasteiger partial charge in [0.15, 0.2) is 0 Å². The van der Waals surface area contributed by atoms with E-state index in [-0.39, 0.29) is 5.75 Å². The number of hydrogen-bond acceptors (Lipinski definition) is 4. The summed E-state index contributed by atoms with van der Waals surface area (Å²) < 4.78 is 5.56. The van der Waals surface area contributed by atoms with Gasteiger partial charge < -0.3 is 14.8 Å². The quantitative estimate of drug-likeness (QED) is 0.821. The van der Waals surface area contributed by atoms with Crippen LogP contribution in [0.3, 0.4) is 0 Å². The van der Waals surface area contributed by atoms with E-state index in [9.17, 15) is 5.11 Å². The Hall–Kier alpha value is -1.81. The average Bonchev–Trinajstić information content (AvgIpc) is 2.75. The van der Waals surface area contributed by atoms with Gasteiger partial charge in [0.2, 0.25) is 5.89 Å². The van der Waals surface area contributed by atoms with Crippen LogP contribution in [0.4, 0.5) is 0 Å². The van der Waals surface area contributed by atoms with Gasteiger partial charge in [0.25, 0.3) is 0 Å². The number of likely N-dealkylation sites (N-methyl/N-ethyl adjacent to an activating group) is 1. The molecule has 1 aromatic heterocycles. The Labute approximate surface area is 93.9 Å². The van der Waals surface area contributed by atoms with E-state index in [1.54, 1.807) is 24.4 Å². The highest BCUT2D eigenvalue weighted by Crippen LogP contribution is 2.22. The third kappa shape index (κ3) is 2.41. The zero-order chi connectivity index (χ0) is 11.4. The van der Waals surface area contributed by atoms with Crippen LogP contribution in [0, 0.1) is 0 Å². The van der Waals surface area contributed by atoms with Crippen molar-refractivity contribution in [1.29, 1.82) is 0 Å². The normalized spacial score (nSPS) is 10.6. The van der Waals surface area contributed by atoms with Crippen molar-refractivity contribution in [3.05, 3.63) is 36.2 Å². The molecule has 1 heterocycles. The molecule has 84 valence electrons. The highest BCUT2D eigenvalue weighted by molar-refractivity contribution is 5.55. The third-order valence-electron chi connectivity index (χ3n) is 2.27. The predicted octanol–water partition coefficient (Wildman–Crippen LogP) is 1.81. The molecular weight excluding hydrogens is 204 g/mol. The van der Waals surface area contributed by atoms with Crippen LogP contribution in [0.5, 0.6) is 5.75 Å². The summed E-state index contributed by atoms with van der Waals surface area (Å²) in [5.74, 6) is 1.60. The van der Waals surface area contributed by atoms with Crippen molar-refractivity contribution >= 4 is 0 Å². The smallest absolute Gasteiger partial charge is 0.226 e. The summed E-state index contributed by atoms with van der Waals surface area (Å²) in [7, 11) is 1.90. The second-order valence-electron chi connectivity index (χ2n) is 3.54. The lowest BCUT2D eigenvalue weighted by Crippen LogP contribution is -2.09. The van der Waals surface area contributed by atoms with E-state index in [4.69, 9.17) is 4.42 Å². The Kier molecular flexibility index (Phi) is 3.22. The van der Waals surface area contributed by atoms with Crippen molar-refractivity contribution in [3.8, 4) is 17.2 Å². The van der Waals surface area contributed by atoms with E-state index in [2.05, 4.69) is 10.3 Å². The molecule has 2 aromatic rings. The maximum atomic E-state index is 9.34. The molecule has 0 bridgehead atoms. The van der Waals surface area contributed by atoms with Crippen LogP contribution < -0.4 is 5.32 Å². The number of nitrogens with one attached hydrogen (secondary N) is 1. The lowest BCUT2D eigenvalue weighted by molar-refractivity contribution is 0.474. The number of hydrogen-bond donors (Lipinski definition) is 2. The van der Waals surface area contributed by atoms with Crippen molar-refractivity contribution in [2.75, 3.05) is 13.6 Å². The van der Waals surface area contributed by atoms with Crippen LogP contribution in [0.15, 0.2) is 34.9 Å². The molecule has 0 aliphatic heterocycles. The van der Waals surface area contributed by atoms with Gasteiger partial charge in [0, 0.05) is 18.5 Å². The Morgan fingerprint density at radius 3 is 3.06 bits per heavy atom. The van der Waals surface area contributed by atoms with Crippen LogP contribution in [-0.4, -0.2) is 23.7 Å². The van der Waals surface area contributed by atoms with E-state index < -0.39 is 0 Å². The maximum Gasteiger partial charge on any atom is 0.226 e. The Morgan fingerprint density at radius 2 is 2.31 bits per heavy atom. The van der Waals surface area contributed by atoms with Gasteiger partial charge in [-0.15, -0.1) is 0 Å². The average molecular weight is 218 g/mol. The van der Waals surface area contributed by atoms with Gasteiger partial charge in [-0.1, -0.05) is 6.07 Å². The molecule has 0 saturated carbocycles. The van der Waals surface area contributed by atoms with Crippen LogP contribution >= 0.6 is 0 Å². The molecule has 0 radical (unpaired) electrons. The summed E-state index contributed by atoms with van der Waals surface area (Å²) in [5, 5.41) is 12.4. The van der Waals surface area contributed by atoms with Crippen LogP contribution in [0.2, 0.25) is 0 Å². The van der Waals surface area contributed by atoms with E-state index >= 15 is 0 Å². The van der Waals surface area contributed by atoms with Crippen molar-refractivity contribution < 1.29 is 9.52 Å². The fourth-order valence-electron chi connectivity index (χ4n) is 1.44. The molecule has 2 N–H and O–H groups in total. The van der Waals surface area contributed by atoms with Gasteiger partial charge in [-0.25, -0.2) is 4.98 Å². The number of phenols is 1. The summed E-state index contributed by atoms with van der Waals surface area (Å²) >= 11 is 0. The molecule has 0 saturated heterocycles. The van der Waals surface area contributed by atoms with Crippen molar-refractivity contribution in [2.24, 2.45) is 0 Å². The summed E-state index contributed by atoms with van der Waals surface area (Å²) in [5.41, 5.74) is 0.788. The predicted molar refractivity (Wildman–Crippen MR) is 61.2 cm³/mol. The van der Waals surface area contributed by atoms with Gasteiger partial charge in [-0.3, -0.25) is 0 Å². The zero-order valence-corrected chi connectivity index (χ0v) is 9.10. The highest BCUT2D eigenvalue weighted by Gasteiger charge is 2.06. The summed E-state index contributed by atoms with van der Waals surface area (Å²) in [6, 6.07) is 6.87. The fraction of sp³-hybridized carbons (Fsp3) is 0.250. The van der Waals surface area contributed by atoms with Gasteiger partial charge >= 0.3 is 0 Å². The summed E-state index contributed by atoms with van der Waals surface area (Å²) in [4.78, 5) is 4.17. The number of benzene rings is 1. The first-order chi connectivity index (χ1) is 7.79. The first-order valence-corrected chi connectivity index (χ1v) is 5.18. The molecule has 0 aliphatic carbocycles. The Balaban J connectivity index is 2.18. The van der Waals surface area contributed by atoms with Crippen LogP contribution in [0.1, 0.15) is 5.76 Å². The molecule has 0 spiro atoms. The van der Waals surface area contributed by atoms with Gasteiger partial charge in [-0.05, 0) is 25.2 Å². The lowest BCUT2D eigenvalue weighted by Gasteiger charge is -1.97. The van der Waals surface area contributed by atoms with Gasteiger partial charge in [0.1, 0.15) is 11.5 Å². The largest absolute Gasteiger partial charge is 0.508 e. The molecule has 0 aliphatic rings. The van der Waals surface area contributed by atoms with Crippen molar-refractivity contribution in [2.45, 2.75) is 6.42 Å². The maximum absolute atomic E-state index is 9.34. The monoisotopic (exact) mass is 218 g/mol. The second-order valence-corrected chi connectivity index (χ2v) is 3.54. The molecule has 4 nitrogen and oxygen atoms in total. The minimum atomic E-state index is 0.215. The molecule has 0 amide bonds. The van der Waals surface area contributed by atoms with E-state index in [0.29, 0.717) is 5.89 Å². The summed E-state index contributed by atoms with van der Waals surface area (Å²) in [6.45, 7) is 0.856. The van der Waals surface area contributed by atoms with Gasteiger partial charge in [-0.2, -0.15) is 0 Å². The SMILES string of the molecule is CNCCc1cnc(-c2cccc(O)c2)o1. The first kappa shape index (κ1) is 10.7. The number of rotatable bonds is 4. The molecule has 0 atom stereocenters. The van der Waals surface area contributed by atoms with E-state index in [1.165, 1.54) is 0 Å². The van der Waals surface area contributed by atoms with Crippen molar-refractivity contribution in [3.63, 3.8) is 0 Å². The third-order valence-corrected chi connectivity index (χ3v) is 2.27. The molecule has 4 heteroatoms. The number of nitrogens with zero attached hydrogens (tertiary/aromatic N) is 1. The Morgan fingerprint density at radius 1 is 1.44 bits per heavy atom. The number of aromatic nitrogens is 1. The fourth-order valence-corrected chi connectivity index (χ4v) is 1.44. The zero-order valence-electron chi connectivity index (χ0n) is 9.10. The lowest BCUT2D eigenvalue weighted by atomic mass is 10.2. The number of oxazole rings is 1. The minimum absolute atomic E-state index is 0.215. The van der Waals surface area contributed by atoms with Crippen LogP contribution in [-0.2, 0) is 6.42 Å². The molecular formula is C12H14N2O2. The Bertz CT molecular complexity index is 466. The molecule has 0 unspecified atom stereocenters. The molecule has 16 heavy (non-hydrogen) atoms. The molecule has 2 rings (SSSR count). The van der Waals surface area contributed by atoms with Crippen LogP contribution in [0.25, 0.3) is 11.5 Å². The van der Waals surface area contributed by atoms with E-state index in [1.807, 2.05) is 13.1 Å². The standard InChI is InChI=1S/C12H14N2O2/c1-13-6-5-11-8-14-12(16-11)9-3-2-4-10(15)7-9/h2-4,7-8,13,15H,5-6H2,1H3. The number of phenolic OH excluding ortho intramolecular Hbond substituents is 1. The first-order valence-electron chi connectivity index (χ1n) is 5.18. The minimum Gasteiger partial charge on any atom is -0.508 e. The van der Waals surface area contributed by atoms with E-state index in [0.717, 1.165) is 24.3 Å².